The molecule has 0 spiro atoms. The van der Waals surface area contributed by atoms with Gasteiger partial charge in [-0.05, 0) is 18.6 Å². The molecule has 1 heterocycles. The van der Waals surface area contributed by atoms with Crippen LogP contribution in [0.2, 0.25) is 0 Å². The Kier molecular flexibility index (Phi) is 2.54. The number of anilines is 1. The number of benzene rings is 1. The Morgan fingerprint density at radius 2 is 2.36 bits per heavy atom. The molecule has 3 nitrogen and oxygen atoms in total. The molecule has 74 valence electrons. The standard InChI is InChI=1S/C10H12N2OS/c1-2-6-13-8-5-3-4-7-9(8)14-10(11)12-7/h3-5H,2,6H2,1H3,(H2,11,12). The van der Waals surface area contributed by atoms with Crippen molar-refractivity contribution in [3.05, 3.63) is 18.2 Å². The van der Waals surface area contributed by atoms with Crippen molar-refractivity contribution in [2.24, 2.45) is 0 Å². The predicted molar refractivity (Wildman–Crippen MR) is 59.8 cm³/mol. The number of hydrogen-bond donors (Lipinski definition) is 1. The highest BCUT2D eigenvalue weighted by Gasteiger charge is 2.06. The maximum Gasteiger partial charge on any atom is 0.181 e. The van der Waals surface area contributed by atoms with Crippen LogP contribution in [0.25, 0.3) is 10.2 Å². The molecule has 2 rings (SSSR count). The van der Waals surface area contributed by atoms with Crippen LogP contribution in [0.15, 0.2) is 18.2 Å². The Morgan fingerprint density at radius 1 is 1.50 bits per heavy atom. The van der Waals surface area contributed by atoms with E-state index in [1.807, 2.05) is 18.2 Å². The van der Waals surface area contributed by atoms with Gasteiger partial charge in [0.05, 0.1) is 16.8 Å². The predicted octanol–water partition coefficient (Wildman–Crippen LogP) is 2.67. The molecule has 0 aliphatic rings. The van der Waals surface area contributed by atoms with Crippen molar-refractivity contribution in [2.45, 2.75) is 13.3 Å². The summed E-state index contributed by atoms with van der Waals surface area (Å²) in [5.41, 5.74) is 6.56. The lowest BCUT2D eigenvalue weighted by atomic mass is 10.3. The topological polar surface area (TPSA) is 48.1 Å². The number of thiazole rings is 1. The summed E-state index contributed by atoms with van der Waals surface area (Å²) < 4.78 is 6.64. The van der Waals surface area contributed by atoms with Crippen LogP contribution in [0, 0.1) is 0 Å². The minimum Gasteiger partial charge on any atom is -0.492 e. The number of rotatable bonds is 3. The summed E-state index contributed by atoms with van der Waals surface area (Å²) in [6.07, 6.45) is 1.00. The smallest absolute Gasteiger partial charge is 0.181 e. The summed E-state index contributed by atoms with van der Waals surface area (Å²) in [6, 6.07) is 5.84. The second-order valence-electron chi connectivity index (χ2n) is 3.00. The maximum absolute atomic E-state index is 5.64. The van der Waals surface area contributed by atoms with E-state index in [-0.39, 0.29) is 0 Å². The molecule has 0 atom stereocenters. The van der Waals surface area contributed by atoms with Crippen molar-refractivity contribution >= 4 is 26.7 Å². The summed E-state index contributed by atoms with van der Waals surface area (Å²) in [4.78, 5) is 4.20. The van der Waals surface area contributed by atoms with Crippen LogP contribution in [0.4, 0.5) is 5.13 Å². The SMILES string of the molecule is CCCOc1cccc2nc(N)sc12. The monoisotopic (exact) mass is 208 g/mol. The first kappa shape index (κ1) is 9.27. The fourth-order valence-electron chi connectivity index (χ4n) is 1.27. The molecule has 0 saturated carbocycles. The first-order valence-corrected chi connectivity index (χ1v) is 5.40. The minimum absolute atomic E-state index is 0.590. The summed E-state index contributed by atoms with van der Waals surface area (Å²) >= 11 is 1.47. The molecule has 2 N–H and O–H groups in total. The van der Waals surface area contributed by atoms with Crippen molar-refractivity contribution in [2.75, 3.05) is 12.3 Å². The fraction of sp³-hybridized carbons (Fsp3) is 0.300. The Labute approximate surface area is 86.5 Å². The van der Waals surface area contributed by atoms with Crippen LogP contribution in [-0.4, -0.2) is 11.6 Å². The first-order chi connectivity index (χ1) is 6.81. The van der Waals surface area contributed by atoms with Crippen molar-refractivity contribution < 1.29 is 4.74 Å². The molecule has 0 bridgehead atoms. The Morgan fingerprint density at radius 3 is 3.14 bits per heavy atom. The number of nitrogens with two attached hydrogens (primary N) is 1. The van der Waals surface area contributed by atoms with Gasteiger partial charge in [-0.1, -0.05) is 24.3 Å². The van der Waals surface area contributed by atoms with Gasteiger partial charge in [0, 0.05) is 0 Å². The minimum atomic E-state index is 0.590. The van der Waals surface area contributed by atoms with E-state index in [4.69, 9.17) is 10.5 Å². The maximum atomic E-state index is 5.64. The molecule has 0 fully saturated rings. The highest BCUT2D eigenvalue weighted by Crippen LogP contribution is 2.32. The van der Waals surface area contributed by atoms with Crippen molar-refractivity contribution in [3.8, 4) is 5.75 Å². The van der Waals surface area contributed by atoms with Crippen molar-refractivity contribution in [1.29, 1.82) is 0 Å². The van der Waals surface area contributed by atoms with E-state index in [1.165, 1.54) is 11.3 Å². The lowest BCUT2D eigenvalue weighted by Crippen LogP contribution is -1.94. The molecule has 1 aromatic heterocycles. The fourth-order valence-corrected chi connectivity index (χ4v) is 2.07. The molecule has 1 aromatic carbocycles. The Balaban J connectivity index is 2.42. The molecule has 4 heteroatoms. The zero-order chi connectivity index (χ0) is 9.97. The third-order valence-corrected chi connectivity index (χ3v) is 2.77. The number of fused-ring (bicyclic) bond motifs is 1. The van der Waals surface area contributed by atoms with Crippen molar-refractivity contribution in [3.63, 3.8) is 0 Å². The van der Waals surface area contributed by atoms with Gasteiger partial charge in [0.2, 0.25) is 0 Å². The van der Waals surface area contributed by atoms with Gasteiger partial charge >= 0.3 is 0 Å². The van der Waals surface area contributed by atoms with Gasteiger partial charge in [0.15, 0.2) is 5.13 Å². The first-order valence-electron chi connectivity index (χ1n) is 4.59. The zero-order valence-electron chi connectivity index (χ0n) is 7.99. The number of hydrogen-bond acceptors (Lipinski definition) is 4. The molecule has 0 amide bonds. The largest absolute Gasteiger partial charge is 0.492 e. The van der Waals surface area contributed by atoms with Gasteiger partial charge in [-0.3, -0.25) is 0 Å². The lowest BCUT2D eigenvalue weighted by Gasteiger charge is -2.03. The molecule has 0 aliphatic heterocycles. The molecule has 0 unspecified atom stereocenters. The zero-order valence-corrected chi connectivity index (χ0v) is 8.80. The Hall–Kier alpha value is -1.29. The van der Waals surface area contributed by atoms with E-state index in [1.54, 1.807) is 0 Å². The van der Waals surface area contributed by atoms with Crippen LogP contribution in [0.5, 0.6) is 5.75 Å². The normalized spacial score (nSPS) is 10.6. The molecular formula is C10H12N2OS. The number of aromatic nitrogens is 1. The van der Waals surface area contributed by atoms with Gasteiger partial charge in [-0.15, -0.1) is 0 Å². The van der Waals surface area contributed by atoms with Gasteiger partial charge in [-0.25, -0.2) is 4.98 Å². The van der Waals surface area contributed by atoms with E-state index in [0.717, 1.165) is 29.0 Å². The molecule has 0 aliphatic carbocycles. The van der Waals surface area contributed by atoms with E-state index < -0.39 is 0 Å². The number of nitrogen functional groups attached to an aromatic ring is 1. The van der Waals surface area contributed by atoms with E-state index in [0.29, 0.717) is 5.13 Å². The van der Waals surface area contributed by atoms with Crippen LogP contribution in [-0.2, 0) is 0 Å². The second kappa shape index (κ2) is 3.84. The summed E-state index contributed by atoms with van der Waals surface area (Å²) in [5, 5.41) is 0.590. The van der Waals surface area contributed by atoms with Gasteiger partial charge in [0.1, 0.15) is 5.75 Å². The highest BCUT2D eigenvalue weighted by molar-refractivity contribution is 7.22. The van der Waals surface area contributed by atoms with Crippen molar-refractivity contribution in [1.82, 2.24) is 4.98 Å². The van der Waals surface area contributed by atoms with Gasteiger partial charge in [-0.2, -0.15) is 0 Å². The average Bonchev–Trinajstić information content (AvgIpc) is 2.55. The molecule has 2 aromatic rings. The van der Waals surface area contributed by atoms with E-state index >= 15 is 0 Å². The summed E-state index contributed by atoms with van der Waals surface area (Å²) in [6.45, 7) is 2.82. The third-order valence-electron chi connectivity index (χ3n) is 1.86. The average molecular weight is 208 g/mol. The summed E-state index contributed by atoms with van der Waals surface area (Å²) in [7, 11) is 0. The quantitative estimate of drug-likeness (QED) is 0.843. The van der Waals surface area contributed by atoms with Gasteiger partial charge < -0.3 is 10.5 Å². The Bertz CT molecular complexity index is 439. The lowest BCUT2D eigenvalue weighted by molar-refractivity contribution is 0.321. The number of nitrogens with zero attached hydrogens (tertiary/aromatic N) is 1. The van der Waals surface area contributed by atoms with Crippen LogP contribution < -0.4 is 10.5 Å². The molecular weight excluding hydrogens is 196 g/mol. The third kappa shape index (κ3) is 1.65. The molecule has 0 saturated heterocycles. The summed E-state index contributed by atoms with van der Waals surface area (Å²) in [5.74, 6) is 0.888. The number of ether oxygens (including phenoxy) is 1. The second-order valence-corrected chi connectivity index (χ2v) is 4.04. The van der Waals surface area contributed by atoms with E-state index in [9.17, 15) is 0 Å². The highest BCUT2D eigenvalue weighted by atomic mass is 32.1. The van der Waals surface area contributed by atoms with Crippen LogP contribution >= 0.6 is 11.3 Å². The van der Waals surface area contributed by atoms with Gasteiger partial charge in [0.25, 0.3) is 0 Å². The van der Waals surface area contributed by atoms with E-state index in [2.05, 4.69) is 11.9 Å². The molecule has 14 heavy (non-hydrogen) atoms. The van der Waals surface area contributed by atoms with Crippen LogP contribution in [0.1, 0.15) is 13.3 Å². The van der Waals surface area contributed by atoms with Crippen LogP contribution in [0.3, 0.4) is 0 Å². The molecule has 0 radical (unpaired) electrons.